The van der Waals surface area contributed by atoms with Crippen LogP contribution in [0.5, 0.6) is 0 Å². The van der Waals surface area contributed by atoms with Crippen LogP contribution in [0.4, 0.5) is 0 Å². The first-order valence-electron chi connectivity index (χ1n) is 15.8. The van der Waals surface area contributed by atoms with Gasteiger partial charge in [0.2, 0.25) is 0 Å². The molecule has 0 unspecified atom stereocenters. The Morgan fingerprint density at radius 3 is 1.47 bits per heavy atom. The van der Waals surface area contributed by atoms with Crippen LogP contribution in [0.15, 0.2) is 84.5 Å². The van der Waals surface area contributed by atoms with Gasteiger partial charge in [-0.3, -0.25) is 6.08 Å². The van der Waals surface area contributed by atoms with Gasteiger partial charge in [0.1, 0.15) is 0 Å². The fourth-order valence-electron chi connectivity index (χ4n) is 5.48. The van der Waals surface area contributed by atoms with Crippen molar-refractivity contribution in [1.29, 1.82) is 0 Å². The first kappa shape index (κ1) is 44.7. The molecule has 0 saturated heterocycles. The molecule has 0 amide bonds. The molecule has 3 heteroatoms. The van der Waals surface area contributed by atoms with Gasteiger partial charge in [-0.1, -0.05) is 92.3 Å². The van der Waals surface area contributed by atoms with E-state index in [4.69, 9.17) is 0 Å². The maximum atomic E-state index is 3.69. The van der Waals surface area contributed by atoms with E-state index in [1.165, 1.54) is 85.4 Å². The molecule has 0 radical (unpaired) electrons. The average molecular weight is 745 g/mol. The summed E-state index contributed by atoms with van der Waals surface area (Å²) in [5, 5.41) is 0. The van der Waals surface area contributed by atoms with Crippen molar-refractivity contribution >= 4 is 29.0 Å². The SMILES string of the molecule is CC1=[C-]CC=C1.Cc1[c-]c2c(cc1C(C)(C)C)-c1cc(C(C)(C)C)c(C)cc1C2.Cc1cc[c-]cc1.Cc1cc[c-]cc1.Cl.Cl.[CH2]=[Zr]. The number of aryl methyl sites for hydroxylation is 4. The van der Waals surface area contributed by atoms with E-state index in [2.05, 4.69) is 135 Å². The van der Waals surface area contributed by atoms with Crippen LogP contribution in [0.1, 0.15) is 99.4 Å². The number of benzene rings is 4. The van der Waals surface area contributed by atoms with Crippen molar-refractivity contribution in [2.75, 3.05) is 0 Å². The van der Waals surface area contributed by atoms with E-state index in [-0.39, 0.29) is 35.6 Å². The van der Waals surface area contributed by atoms with Crippen molar-refractivity contribution in [3.8, 4) is 11.1 Å². The van der Waals surface area contributed by atoms with Crippen molar-refractivity contribution in [3.63, 3.8) is 0 Å². The molecule has 2 aliphatic carbocycles. The molecule has 252 valence electrons. The third-order valence-corrected chi connectivity index (χ3v) is 7.72. The predicted molar refractivity (Wildman–Crippen MR) is 208 cm³/mol. The minimum absolute atomic E-state index is 0. The Morgan fingerprint density at radius 2 is 1.13 bits per heavy atom. The molecule has 0 saturated carbocycles. The van der Waals surface area contributed by atoms with E-state index in [0.29, 0.717) is 0 Å². The molecule has 0 bridgehead atoms. The van der Waals surface area contributed by atoms with Gasteiger partial charge in [0.15, 0.2) is 0 Å². The van der Waals surface area contributed by atoms with Crippen LogP contribution in [0.3, 0.4) is 0 Å². The van der Waals surface area contributed by atoms with Gasteiger partial charge in [0.05, 0.1) is 0 Å². The van der Waals surface area contributed by atoms with Gasteiger partial charge in [-0.2, -0.15) is 95.6 Å². The van der Waals surface area contributed by atoms with Crippen molar-refractivity contribution in [1.82, 2.24) is 0 Å². The molecule has 47 heavy (non-hydrogen) atoms. The summed E-state index contributed by atoms with van der Waals surface area (Å²) >= 11 is 1.30. The summed E-state index contributed by atoms with van der Waals surface area (Å²) in [7, 11) is 0. The molecule has 0 fully saturated rings. The fraction of sp³-hybridized carbons (Fsp3) is 0.341. The van der Waals surface area contributed by atoms with Gasteiger partial charge in [-0.25, -0.2) is 11.6 Å². The minimum atomic E-state index is 0. The third kappa shape index (κ3) is 14.4. The predicted octanol–water partition coefficient (Wildman–Crippen LogP) is 12.4. The van der Waals surface area contributed by atoms with Crippen LogP contribution in [-0.4, -0.2) is 4.21 Å². The fourth-order valence-corrected chi connectivity index (χ4v) is 5.48. The first-order chi connectivity index (χ1) is 21.2. The molecular formula is C44H54Cl2Zr-4. The van der Waals surface area contributed by atoms with Gasteiger partial charge in [0.25, 0.3) is 0 Å². The Balaban J connectivity index is 0.000000718. The second kappa shape index (κ2) is 20.9. The monoisotopic (exact) mass is 742 g/mol. The van der Waals surface area contributed by atoms with Crippen LogP contribution in [0, 0.1) is 52.0 Å². The third-order valence-electron chi connectivity index (χ3n) is 7.72. The van der Waals surface area contributed by atoms with Crippen LogP contribution in [-0.2, 0) is 41.5 Å². The second-order valence-corrected chi connectivity index (χ2v) is 13.8. The van der Waals surface area contributed by atoms with E-state index < -0.39 is 0 Å². The van der Waals surface area contributed by atoms with Gasteiger partial charge in [0, 0.05) is 0 Å². The maximum absolute atomic E-state index is 3.69. The van der Waals surface area contributed by atoms with Gasteiger partial charge < -0.3 is 0 Å². The summed E-state index contributed by atoms with van der Waals surface area (Å²) in [6.45, 7) is 24.4. The van der Waals surface area contributed by atoms with Crippen molar-refractivity contribution in [2.24, 2.45) is 0 Å². The molecule has 0 nitrogen and oxygen atoms in total. The van der Waals surface area contributed by atoms with Crippen LogP contribution >= 0.6 is 24.8 Å². The van der Waals surface area contributed by atoms with E-state index in [1.807, 2.05) is 48.5 Å². The van der Waals surface area contributed by atoms with Crippen molar-refractivity contribution in [3.05, 3.63) is 153 Å². The Bertz CT molecular complexity index is 1460. The summed E-state index contributed by atoms with van der Waals surface area (Å²) in [5.74, 6) is 0. The molecule has 4 aromatic rings. The molecule has 0 aromatic heterocycles. The zero-order valence-electron chi connectivity index (χ0n) is 30.4. The van der Waals surface area contributed by atoms with E-state index >= 15 is 0 Å². The molecular weight excluding hydrogens is 691 g/mol. The standard InChI is InChI=1S/C23H29.2C7H7.C6H7.CH2.2ClH.Zr/c1-14-9-16-11-17-10-15(2)21(23(6,7)8)13-19(17)18(16)12-20(14)22(3,4)5;2*1-7-5-3-2-4-6-7;1-6-4-2-3-5-6;;;;/h9,12-13H,11H2,1-8H3;2*3-6H,1H3;2,4H,3H2,1H3;1H2;2*1H;/q4*-1;;;;. The van der Waals surface area contributed by atoms with Gasteiger partial charge in [-0.15, -0.1) is 47.9 Å². The molecule has 0 heterocycles. The second-order valence-electron chi connectivity index (χ2n) is 13.8. The Morgan fingerprint density at radius 1 is 0.660 bits per heavy atom. The van der Waals surface area contributed by atoms with Crippen molar-refractivity contribution < 1.29 is 24.2 Å². The summed E-state index contributed by atoms with van der Waals surface area (Å²) in [6, 6.07) is 32.6. The number of hydrogen-bond acceptors (Lipinski definition) is 0. The molecule has 0 N–H and O–H groups in total. The van der Waals surface area contributed by atoms with E-state index in [9.17, 15) is 0 Å². The summed E-state index contributed by atoms with van der Waals surface area (Å²) < 4.78 is 3.34. The van der Waals surface area contributed by atoms with Crippen LogP contribution in [0.25, 0.3) is 11.1 Å². The number of allylic oxidation sites excluding steroid dienone is 4. The first-order valence-corrected chi connectivity index (χ1v) is 17.6. The summed E-state index contributed by atoms with van der Waals surface area (Å²) in [5.41, 5.74) is 15.5. The Kier molecular flexibility index (Phi) is 19.9. The zero-order valence-corrected chi connectivity index (χ0v) is 34.5. The zero-order chi connectivity index (χ0) is 33.8. The number of halogens is 2. The molecule has 6 rings (SSSR count). The normalized spacial score (nSPS) is 11.8. The number of hydrogen-bond donors (Lipinski definition) is 0. The van der Waals surface area contributed by atoms with E-state index in [0.717, 1.165) is 12.8 Å². The Hall–Kier alpha value is -2.31. The molecule has 0 atom stereocenters. The van der Waals surface area contributed by atoms with Crippen molar-refractivity contribution in [2.45, 2.75) is 99.8 Å². The number of rotatable bonds is 0. The molecule has 0 aliphatic heterocycles. The Labute approximate surface area is 315 Å². The number of fused-ring (bicyclic) bond motifs is 3. The van der Waals surface area contributed by atoms with Crippen LogP contribution in [0.2, 0.25) is 0 Å². The average Bonchev–Trinajstić information content (AvgIpc) is 3.59. The summed E-state index contributed by atoms with van der Waals surface area (Å²) in [4.78, 5) is 0. The molecule has 4 aromatic carbocycles. The summed E-state index contributed by atoms with van der Waals surface area (Å²) in [6.07, 6.45) is 9.36. The quantitative estimate of drug-likeness (QED) is 0.139. The van der Waals surface area contributed by atoms with Gasteiger partial charge >= 0.3 is 28.4 Å². The van der Waals surface area contributed by atoms with Gasteiger partial charge in [-0.05, 0) is 35.4 Å². The van der Waals surface area contributed by atoms with E-state index in [1.54, 1.807) is 0 Å². The van der Waals surface area contributed by atoms with Crippen LogP contribution < -0.4 is 0 Å². The molecule has 0 spiro atoms. The topological polar surface area (TPSA) is 0 Å². The molecule has 2 aliphatic rings.